The van der Waals surface area contributed by atoms with Crippen molar-refractivity contribution in [1.82, 2.24) is 0 Å². The highest BCUT2D eigenvalue weighted by Crippen LogP contribution is 2.28. The molecular formula is C20H22N2O7. The molecule has 1 N–H and O–H groups in total. The van der Waals surface area contributed by atoms with E-state index in [0.717, 1.165) is 5.56 Å². The molecule has 0 aliphatic rings. The summed E-state index contributed by atoms with van der Waals surface area (Å²) in [6.07, 6.45) is 0.515. The molecule has 154 valence electrons. The molecule has 9 heteroatoms. The monoisotopic (exact) mass is 402 g/mol. The minimum atomic E-state index is -0.526. The van der Waals surface area contributed by atoms with Gasteiger partial charge in [0.25, 0.3) is 11.6 Å². The number of non-ortho nitro benzene ring substituents is 1. The molecule has 1 amide bonds. The number of rotatable bonds is 9. The third-order valence-electron chi connectivity index (χ3n) is 4.12. The summed E-state index contributed by atoms with van der Waals surface area (Å²) in [6, 6.07) is 9.42. The zero-order valence-electron chi connectivity index (χ0n) is 16.4. The van der Waals surface area contributed by atoms with Crippen LogP contribution in [0.15, 0.2) is 36.4 Å². The lowest BCUT2D eigenvalue weighted by Gasteiger charge is -2.10. The maximum absolute atomic E-state index is 12.0. The highest BCUT2D eigenvalue weighted by Gasteiger charge is 2.13. The van der Waals surface area contributed by atoms with E-state index in [1.807, 2.05) is 6.07 Å². The lowest BCUT2D eigenvalue weighted by molar-refractivity contribution is -0.384. The molecule has 0 aliphatic carbocycles. The first kappa shape index (κ1) is 21.7. The number of anilines is 1. The van der Waals surface area contributed by atoms with Gasteiger partial charge in [-0.3, -0.25) is 19.7 Å². The van der Waals surface area contributed by atoms with Gasteiger partial charge in [-0.15, -0.1) is 0 Å². The number of esters is 1. The average Bonchev–Trinajstić information content (AvgIpc) is 2.71. The predicted molar refractivity (Wildman–Crippen MR) is 105 cm³/mol. The quantitative estimate of drug-likeness (QED) is 0.389. The van der Waals surface area contributed by atoms with Gasteiger partial charge >= 0.3 is 5.97 Å². The Morgan fingerprint density at radius 3 is 2.41 bits per heavy atom. The predicted octanol–water partition coefficient (Wildman–Crippen LogP) is 3.03. The Hall–Kier alpha value is -3.62. The molecule has 0 unspecified atom stereocenters. The van der Waals surface area contributed by atoms with Crippen molar-refractivity contribution in [3.8, 4) is 11.5 Å². The number of carbonyl (C=O) groups is 2. The number of nitro groups is 1. The van der Waals surface area contributed by atoms with E-state index in [1.54, 1.807) is 19.1 Å². The molecule has 0 spiro atoms. The molecule has 9 nitrogen and oxygen atoms in total. The maximum atomic E-state index is 12.0. The number of amides is 1. The van der Waals surface area contributed by atoms with E-state index in [4.69, 9.17) is 14.2 Å². The van der Waals surface area contributed by atoms with Gasteiger partial charge in [0, 0.05) is 24.2 Å². The molecule has 0 fully saturated rings. The first-order valence-electron chi connectivity index (χ1n) is 8.75. The normalized spacial score (nSPS) is 10.2. The minimum absolute atomic E-state index is 0.0675. The highest BCUT2D eigenvalue weighted by atomic mass is 16.6. The SMILES string of the molecule is COc1ccc(CCC(=O)OCC(=O)Nc2ccc([N+](=O)[O-])cc2C)cc1OC. The smallest absolute Gasteiger partial charge is 0.306 e. The third-order valence-corrected chi connectivity index (χ3v) is 4.12. The highest BCUT2D eigenvalue weighted by molar-refractivity contribution is 5.93. The van der Waals surface area contributed by atoms with Crippen molar-refractivity contribution >= 4 is 23.3 Å². The van der Waals surface area contributed by atoms with Crippen LogP contribution in [0.25, 0.3) is 0 Å². The Kier molecular flexibility index (Phi) is 7.53. The van der Waals surface area contributed by atoms with Crippen molar-refractivity contribution < 1.29 is 28.7 Å². The Morgan fingerprint density at radius 2 is 1.79 bits per heavy atom. The minimum Gasteiger partial charge on any atom is -0.493 e. The van der Waals surface area contributed by atoms with Gasteiger partial charge in [-0.1, -0.05) is 6.07 Å². The lowest BCUT2D eigenvalue weighted by atomic mass is 10.1. The van der Waals surface area contributed by atoms with Crippen LogP contribution in [0.3, 0.4) is 0 Å². The van der Waals surface area contributed by atoms with Crippen molar-refractivity contribution in [1.29, 1.82) is 0 Å². The van der Waals surface area contributed by atoms with E-state index in [1.165, 1.54) is 32.4 Å². The van der Waals surface area contributed by atoms with E-state index in [9.17, 15) is 19.7 Å². The first-order valence-corrected chi connectivity index (χ1v) is 8.75. The van der Waals surface area contributed by atoms with E-state index in [0.29, 0.717) is 29.2 Å². The number of benzene rings is 2. The second-order valence-corrected chi connectivity index (χ2v) is 6.15. The standard InChI is InChI=1S/C20H22N2O7/c1-13-10-15(22(25)26)6-7-16(13)21-19(23)12-29-20(24)9-5-14-4-8-17(27-2)18(11-14)28-3/h4,6-8,10-11H,5,9,12H2,1-3H3,(H,21,23). The summed E-state index contributed by atoms with van der Waals surface area (Å²) in [4.78, 5) is 34.1. The van der Waals surface area contributed by atoms with Crippen LogP contribution in [-0.4, -0.2) is 37.6 Å². The fourth-order valence-corrected chi connectivity index (χ4v) is 2.59. The number of nitro benzene ring substituents is 1. The molecule has 0 bridgehead atoms. The third kappa shape index (κ3) is 6.20. The summed E-state index contributed by atoms with van der Waals surface area (Å²) in [7, 11) is 3.07. The van der Waals surface area contributed by atoms with Crippen molar-refractivity contribution in [2.45, 2.75) is 19.8 Å². The molecule has 0 radical (unpaired) electrons. The Labute approximate surface area is 167 Å². The van der Waals surface area contributed by atoms with Crippen molar-refractivity contribution in [3.05, 3.63) is 57.6 Å². The number of hydrogen-bond acceptors (Lipinski definition) is 7. The molecule has 2 aromatic carbocycles. The van der Waals surface area contributed by atoms with Crippen LogP contribution in [0.2, 0.25) is 0 Å². The van der Waals surface area contributed by atoms with Crippen molar-refractivity contribution in [3.63, 3.8) is 0 Å². The fourth-order valence-electron chi connectivity index (χ4n) is 2.59. The van der Waals surface area contributed by atoms with Gasteiger partial charge in [-0.25, -0.2) is 0 Å². The molecule has 0 saturated heterocycles. The van der Waals surface area contributed by atoms with Crippen LogP contribution >= 0.6 is 0 Å². The van der Waals surface area contributed by atoms with Gasteiger partial charge in [0.2, 0.25) is 0 Å². The zero-order chi connectivity index (χ0) is 21.4. The van der Waals surface area contributed by atoms with E-state index < -0.39 is 23.4 Å². The molecule has 0 heterocycles. The number of nitrogens with one attached hydrogen (secondary N) is 1. The molecule has 0 saturated carbocycles. The van der Waals surface area contributed by atoms with Crippen molar-refractivity contribution in [2.24, 2.45) is 0 Å². The van der Waals surface area contributed by atoms with Gasteiger partial charge in [-0.2, -0.15) is 0 Å². The average molecular weight is 402 g/mol. The van der Waals surface area contributed by atoms with Crippen LogP contribution in [-0.2, 0) is 20.7 Å². The summed E-state index contributed by atoms with van der Waals surface area (Å²) >= 11 is 0. The number of aryl methyl sites for hydroxylation is 2. The van der Waals surface area contributed by atoms with Gasteiger partial charge in [-0.05, 0) is 42.7 Å². The second-order valence-electron chi connectivity index (χ2n) is 6.15. The van der Waals surface area contributed by atoms with Gasteiger partial charge < -0.3 is 19.5 Å². The van der Waals surface area contributed by atoms with E-state index >= 15 is 0 Å². The van der Waals surface area contributed by atoms with Gasteiger partial charge in [0.05, 0.1) is 19.1 Å². The molecular weight excluding hydrogens is 380 g/mol. The fraction of sp³-hybridized carbons (Fsp3) is 0.300. The number of methoxy groups -OCH3 is 2. The first-order chi connectivity index (χ1) is 13.8. The second kappa shape index (κ2) is 10.1. The van der Waals surface area contributed by atoms with E-state index in [2.05, 4.69) is 5.32 Å². The maximum Gasteiger partial charge on any atom is 0.306 e. The molecule has 29 heavy (non-hydrogen) atoms. The molecule has 2 rings (SSSR count). The Balaban J connectivity index is 1.82. The van der Waals surface area contributed by atoms with Crippen LogP contribution in [0, 0.1) is 17.0 Å². The van der Waals surface area contributed by atoms with Crippen LogP contribution in [0.1, 0.15) is 17.5 Å². The summed E-state index contributed by atoms with van der Waals surface area (Å²) in [5, 5.41) is 13.3. The number of carbonyl (C=O) groups excluding carboxylic acids is 2. The number of ether oxygens (including phenoxy) is 3. The topological polar surface area (TPSA) is 117 Å². The Bertz CT molecular complexity index is 912. The Morgan fingerprint density at radius 1 is 1.07 bits per heavy atom. The van der Waals surface area contributed by atoms with Gasteiger partial charge in [0.15, 0.2) is 18.1 Å². The summed E-state index contributed by atoms with van der Waals surface area (Å²) in [5.74, 6) is 0.116. The molecule has 2 aromatic rings. The zero-order valence-corrected chi connectivity index (χ0v) is 16.4. The van der Waals surface area contributed by atoms with Gasteiger partial charge in [0.1, 0.15) is 0 Å². The van der Waals surface area contributed by atoms with Crippen LogP contribution < -0.4 is 14.8 Å². The lowest BCUT2D eigenvalue weighted by Crippen LogP contribution is -2.21. The van der Waals surface area contributed by atoms with Crippen LogP contribution in [0.5, 0.6) is 11.5 Å². The molecule has 0 atom stereocenters. The summed E-state index contributed by atoms with van der Waals surface area (Å²) < 4.78 is 15.4. The number of nitrogens with zero attached hydrogens (tertiary/aromatic N) is 1. The largest absolute Gasteiger partial charge is 0.493 e. The van der Waals surface area contributed by atoms with Crippen molar-refractivity contribution in [2.75, 3.05) is 26.1 Å². The molecule has 0 aliphatic heterocycles. The van der Waals surface area contributed by atoms with E-state index in [-0.39, 0.29) is 12.1 Å². The summed E-state index contributed by atoms with van der Waals surface area (Å²) in [5.41, 5.74) is 1.75. The summed E-state index contributed by atoms with van der Waals surface area (Å²) in [6.45, 7) is 1.19. The molecule has 0 aromatic heterocycles. The van der Waals surface area contributed by atoms with Crippen LogP contribution in [0.4, 0.5) is 11.4 Å². The number of hydrogen-bond donors (Lipinski definition) is 1.